The van der Waals surface area contributed by atoms with Gasteiger partial charge in [-0.15, -0.1) is 0 Å². The normalized spacial score (nSPS) is 13.5. The first kappa shape index (κ1) is 14.2. The lowest BCUT2D eigenvalue weighted by Gasteiger charge is -2.21. The van der Waals surface area contributed by atoms with Crippen LogP contribution in [-0.4, -0.2) is 11.4 Å². The van der Waals surface area contributed by atoms with E-state index in [1.54, 1.807) is 6.92 Å². The second-order valence-electron chi connectivity index (χ2n) is 4.95. The molecule has 0 spiro atoms. The molecule has 1 aromatic carbocycles. The highest BCUT2D eigenvalue weighted by Gasteiger charge is 2.23. The Kier molecular flexibility index (Phi) is 4.49. The monoisotopic (exact) mass is 244 g/mol. The van der Waals surface area contributed by atoms with Gasteiger partial charge in [-0.25, -0.2) is 0 Å². The average Bonchev–Trinajstić information content (AvgIpc) is 2.32. The molecule has 0 aromatic heterocycles. The van der Waals surface area contributed by atoms with Gasteiger partial charge >= 0.3 is 0 Å². The molecule has 18 heavy (non-hydrogen) atoms. The van der Waals surface area contributed by atoms with Crippen molar-refractivity contribution in [2.45, 2.75) is 46.1 Å². The van der Waals surface area contributed by atoms with E-state index in [0.29, 0.717) is 12.8 Å². The minimum absolute atomic E-state index is 0.104. The predicted octanol–water partition coefficient (Wildman–Crippen LogP) is 2.65. The summed E-state index contributed by atoms with van der Waals surface area (Å²) in [5.41, 5.74) is 2.54. The molecule has 3 nitrogen and oxygen atoms in total. The summed E-state index contributed by atoms with van der Waals surface area (Å²) in [4.78, 5) is 11.9. The number of amides is 1. The van der Waals surface area contributed by atoms with Crippen molar-refractivity contribution < 1.29 is 4.79 Å². The fraction of sp³-hybridized carbons (Fsp3) is 0.467. The Bertz CT molecular complexity index is 488. The summed E-state index contributed by atoms with van der Waals surface area (Å²) >= 11 is 0. The number of nitriles is 1. The third-order valence-corrected chi connectivity index (χ3v) is 3.22. The van der Waals surface area contributed by atoms with Crippen LogP contribution in [0.4, 0.5) is 0 Å². The predicted molar refractivity (Wildman–Crippen MR) is 72.1 cm³/mol. The number of aryl methyl sites for hydroxylation is 2. The summed E-state index contributed by atoms with van der Waals surface area (Å²) in [6, 6.07) is 8.17. The Hall–Kier alpha value is -1.82. The van der Waals surface area contributed by atoms with Crippen molar-refractivity contribution in [1.82, 2.24) is 5.32 Å². The number of carbonyl (C=O) groups is 1. The molecule has 0 bridgehead atoms. The highest BCUT2D eigenvalue weighted by Crippen LogP contribution is 2.13. The Labute approximate surface area is 109 Å². The second kappa shape index (κ2) is 5.68. The van der Waals surface area contributed by atoms with Crippen LogP contribution >= 0.6 is 0 Å². The molecular formula is C15H20N2O. The van der Waals surface area contributed by atoms with E-state index < -0.39 is 5.54 Å². The van der Waals surface area contributed by atoms with Gasteiger partial charge < -0.3 is 5.32 Å². The lowest BCUT2D eigenvalue weighted by atomic mass is 9.99. The molecule has 96 valence electrons. The van der Waals surface area contributed by atoms with E-state index in [9.17, 15) is 4.79 Å². The number of hydrogen-bond donors (Lipinski definition) is 1. The van der Waals surface area contributed by atoms with Crippen LogP contribution in [0.3, 0.4) is 0 Å². The highest BCUT2D eigenvalue weighted by molar-refractivity contribution is 5.80. The molecule has 1 aromatic rings. The van der Waals surface area contributed by atoms with Crippen molar-refractivity contribution in [1.29, 1.82) is 5.26 Å². The van der Waals surface area contributed by atoms with Crippen LogP contribution in [0, 0.1) is 25.2 Å². The summed E-state index contributed by atoms with van der Waals surface area (Å²) in [6.45, 7) is 7.66. The molecular weight excluding hydrogens is 224 g/mol. The second-order valence-corrected chi connectivity index (χ2v) is 4.95. The van der Waals surface area contributed by atoms with Gasteiger partial charge in [0.05, 0.1) is 12.5 Å². The SMILES string of the molecule is CCC(C)(C#N)NC(=O)Cc1ccc(C)cc1C. The smallest absolute Gasteiger partial charge is 0.225 e. The molecule has 0 aliphatic rings. The molecule has 0 fully saturated rings. The van der Waals surface area contributed by atoms with Gasteiger partial charge in [0.1, 0.15) is 5.54 Å². The van der Waals surface area contributed by atoms with Gasteiger partial charge in [0.25, 0.3) is 0 Å². The molecule has 0 radical (unpaired) electrons. The molecule has 3 heteroatoms. The van der Waals surface area contributed by atoms with Gasteiger partial charge in [-0.1, -0.05) is 30.7 Å². The van der Waals surface area contributed by atoms with Crippen molar-refractivity contribution in [3.8, 4) is 6.07 Å². The number of rotatable bonds is 4. The molecule has 1 atom stereocenters. The lowest BCUT2D eigenvalue weighted by Crippen LogP contribution is -2.45. The first-order valence-corrected chi connectivity index (χ1v) is 6.18. The average molecular weight is 244 g/mol. The minimum Gasteiger partial charge on any atom is -0.338 e. The van der Waals surface area contributed by atoms with Crippen LogP contribution in [0.5, 0.6) is 0 Å². The Morgan fingerprint density at radius 2 is 2.11 bits per heavy atom. The molecule has 1 N–H and O–H groups in total. The molecule has 1 rings (SSSR count). The summed E-state index contributed by atoms with van der Waals surface area (Å²) in [7, 11) is 0. The van der Waals surface area contributed by atoms with Crippen LogP contribution in [0.25, 0.3) is 0 Å². The first-order chi connectivity index (χ1) is 8.40. The Morgan fingerprint density at radius 1 is 1.44 bits per heavy atom. The Morgan fingerprint density at radius 3 is 2.61 bits per heavy atom. The van der Waals surface area contributed by atoms with Crippen LogP contribution in [0.1, 0.15) is 37.0 Å². The molecule has 0 aliphatic heterocycles. The number of hydrogen-bond acceptors (Lipinski definition) is 2. The van der Waals surface area contributed by atoms with Crippen molar-refractivity contribution in [2.75, 3.05) is 0 Å². The third-order valence-electron chi connectivity index (χ3n) is 3.22. The molecule has 0 heterocycles. The molecule has 1 unspecified atom stereocenters. The molecule has 1 amide bonds. The van der Waals surface area contributed by atoms with Crippen LogP contribution in [0.2, 0.25) is 0 Å². The maximum atomic E-state index is 11.9. The van der Waals surface area contributed by atoms with Gasteiger partial charge in [-0.2, -0.15) is 5.26 Å². The zero-order chi connectivity index (χ0) is 13.8. The fourth-order valence-corrected chi connectivity index (χ4v) is 1.76. The van der Waals surface area contributed by atoms with Gasteiger partial charge in [0.2, 0.25) is 5.91 Å². The Balaban J connectivity index is 2.74. The van der Waals surface area contributed by atoms with Crippen LogP contribution in [0.15, 0.2) is 18.2 Å². The van der Waals surface area contributed by atoms with Crippen molar-refractivity contribution in [2.24, 2.45) is 0 Å². The molecule has 0 aliphatic carbocycles. The number of carbonyl (C=O) groups excluding carboxylic acids is 1. The number of nitrogens with zero attached hydrogens (tertiary/aromatic N) is 1. The number of nitrogens with one attached hydrogen (secondary N) is 1. The quantitative estimate of drug-likeness (QED) is 0.885. The minimum atomic E-state index is -0.768. The fourth-order valence-electron chi connectivity index (χ4n) is 1.76. The van der Waals surface area contributed by atoms with Gasteiger partial charge in [-0.3, -0.25) is 4.79 Å². The van der Waals surface area contributed by atoms with E-state index >= 15 is 0 Å². The van der Waals surface area contributed by atoms with Gasteiger partial charge in [-0.05, 0) is 38.3 Å². The summed E-state index contributed by atoms with van der Waals surface area (Å²) in [5, 5.41) is 11.8. The van der Waals surface area contributed by atoms with Gasteiger partial charge in [0, 0.05) is 0 Å². The van der Waals surface area contributed by atoms with E-state index in [0.717, 1.165) is 11.1 Å². The van der Waals surface area contributed by atoms with E-state index in [2.05, 4.69) is 17.5 Å². The van der Waals surface area contributed by atoms with Crippen LogP contribution in [-0.2, 0) is 11.2 Å². The largest absolute Gasteiger partial charge is 0.338 e. The van der Waals surface area contributed by atoms with Crippen molar-refractivity contribution >= 4 is 5.91 Å². The van der Waals surface area contributed by atoms with E-state index in [1.807, 2.05) is 32.9 Å². The zero-order valence-electron chi connectivity index (χ0n) is 11.5. The van der Waals surface area contributed by atoms with E-state index in [-0.39, 0.29) is 5.91 Å². The molecule has 0 saturated carbocycles. The number of benzene rings is 1. The zero-order valence-corrected chi connectivity index (χ0v) is 11.5. The highest BCUT2D eigenvalue weighted by atomic mass is 16.1. The third kappa shape index (κ3) is 3.59. The van der Waals surface area contributed by atoms with Gasteiger partial charge in [0.15, 0.2) is 0 Å². The lowest BCUT2D eigenvalue weighted by molar-refractivity contribution is -0.121. The topological polar surface area (TPSA) is 52.9 Å². The summed E-state index contributed by atoms with van der Waals surface area (Å²) in [5.74, 6) is -0.104. The summed E-state index contributed by atoms with van der Waals surface area (Å²) in [6.07, 6.45) is 0.922. The standard InChI is InChI=1S/C15H20N2O/c1-5-15(4,10-16)17-14(18)9-13-7-6-11(2)8-12(13)3/h6-8H,5,9H2,1-4H3,(H,17,18). The van der Waals surface area contributed by atoms with Crippen molar-refractivity contribution in [3.63, 3.8) is 0 Å². The van der Waals surface area contributed by atoms with E-state index in [4.69, 9.17) is 5.26 Å². The van der Waals surface area contributed by atoms with E-state index in [1.165, 1.54) is 5.56 Å². The summed E-state index contributed by atoms with van der Waals surface area (Å²) < 4.78 is 0. The van der Waals surface area contributed by atoms with Crippen molar-refractivity contribution in [3.05, 3.63) is 34.9 Å². The maximum absolute atomic E-state index is 11.9. The maximum Gasteiger partial charge on any atom is 0.225 e. The van der Waals surface area contributed by atoms with Crippen LogP contribution < -0.4 is 5.32 Å². The molecule has 0 saturated heterocycles. The first-order valence-electron chi connectivity index (χ1n) is 6.18.